The molecule has 1 aromatic carbocycles. The van der Waals surface area contributed by atoms with Crippen molar-refractivity contribution < 1.29 is 14.2 Å². The Labute approximate surface area is 134 Å². The van der Waals surface area contributed by atoms with Crippen LogP contribution in [0.5, 0.6) is 0 Å². The molecule has 0 amide bonds. The summed E-state index contributed by atoms with van der Waals surface area (Å²) in [4.78, 5) is 10.7. The minimum atomic E-state index is -0.368. The highest BCUT2D eigenvalue weighted by Gasteiger charge is 2.38. The molecule has 2 aliphatic rings. The second-order valence-electron chi connectivity index (χ2n) is 6.33. The molecule has 3 heterocycles. The van der Waals surface area contributed by atoms with Gasteiger partial charge in [-0.15, -0.1) is 0 Å². The molecule has 4 rings (SSSR count). The van der Waals surface area contributed by atoms with Gasteiger partial charge in [0.2, 0.25) is 0 Å². The number of aliphatic hydroxyl groups is 1. The first-order valence-electron chi connectivity index (χ1n) is 8.17. The van der Waals surface area contributed by atoms with Crippen LogP contribution < -0.4 is 4.90 Å². The Kier molecular flexibility index (Phi) is 3.87. The van der Waals surface area contributed by atoms with Crippen molar-refractivity contribution in [1.29, 1.82) is 0 Å². The number of anilines is 1. The van der Waals surface area contributed by atoms with E-state index in [1.165, 1.54) is 12.4 Å². The number of halogens is 1. The smallest absolute Gasteiger partial charge is 0.143 e. The molecule has 5 nitrogen and oxygen atoms in total. The molecule has 0 radical (unpaired) electrons. The van der Waals surface area contributed by atoms with Crippen molar-refractivity contribution in [2.24, 2.45) is 5.92 Å². The summed E-state index contributed by atoms with van der Waals surface area (Å²) in [5, 5.41) is 10.8. The van der Waals surface area contributed by atoms with Crippen LogP contribution in [0.1, 0.15) is 19.3 Å². The molecule has 3 atom stereocenters. The summed E-state index contributed by atoms with van der Waals surface area (Å²) in [6, 6.07) is 5.03. The monoisotopic (exact) mass is 317 g/mol. The molecule has 0 spiro atoms. The van der Waals surface area contributed by atoms with E-state index in [1.807, 2.05) is 0 Å². The first-order valence-corrected chi connectivity index (χ1v) is 8.17. The van der Waals surface area contributed by atoms with Gasteiger partial charge in [0.25, 0.3) is 0 Å². The lowest BCUT2D eigenvalue weighted by molar-refractivity contribution is -0.0438. The fourth-order valence-corrected chi connectivity index (χ4v) is 3.89. The molecule has 0 bridgehead atoms. The summed E-state index contributed by atoms with van der Waals surface area (Å²) in [7, 11) is 0. The zero-order valence-corrected chi connectivity index (χ0v) is 12.9. The Morgan fingerprint density at radius 3 is 3.04 bits per heavy atom. The van der Waals surface area contributed by atoms with Crippen LogP contribution in [-0.4, -0.2) is 47.0 Å². The highest BCUT2D eigenvalue weighted by atomic mass is 19.1. The van der Waals surface area contributed by atoms with Crippen LogP contribution in [0.3, 0.4) is 0 Å². The Morgan fingerprint density at radius 2 is 2.17 bits per heavy atom. The Balaban J connectivity index is 1.74. The largest absolute Gasteiger partial charge is 0.393 e. The second kappa shape index (κ2) is 6.02. The van der Waals surface area contributed by atoms with E-state index in [0.717, 1.165) is 19.4 Å². The van der Waals surface area contributed by atoms with Gasteiger partial charge in [-0.25, -0.2) is 14.4 Å². The van der Waals surface area contributed by atoms with Gasteiger partial charge < -0.3 is 14.7 Å². The van der Waals surface area contributed by atoms with Crippen LogP contribution in [0.15, 0.2) is 24.5 Å². The van der Waals surface area contributed by atoms with Crippen molar-refractivity contribution >= 4 is 16.7 Å². The number of hydrogen-bond acceptors (Lipinski definition) is 5. The van der Waals surface area contributed by atoms with Crippen LogP contribution >= 0.6 is 0 Å². The molecule has 1 N–H and O–H groups in total. The topological polar surface area (TPSA) is 58.5 Å². The number of fused-ring (bicyclic) bond motifs is 1. The number of ether oxygens (including phenoxy) is 1. The Bertz CT molecular complexity index is 706. The van der Waals surface area contributed by atoms with Gasteiger partial charge in [0.05, 0.1) is 23.6 Å². The van der Waals surface area contributed by atoms with Crippen LogP contribution in [0.2, 0.25) is 0 Å². The first-order chi connectivity index (χ1) is 11.3. The van der Waals surface area contributed by atoms with E-state index in [4.69, 9.17) is 4.74 Å². The van der Waals surface area contributed by atoms with Crippen LogP contribution in [0, 0.1) is 11.7 Å². The molecule has 23 heavy (non-hydrogen) atoms. The van der Waals surface area contributed by atoms with E-state index < -0.39 is 0 Å². The van der Waals surface area contributed by atoms with Gasteiger partial charge in [-0.2, -0.15) is 0 Å². The lowest BCUT2D eigenvalue weighted by atomic mass is 9.89. The third-order valence-corrected chi connectivity index (χ3v) is 5.02. The average Bonchev–Trinajstić information content (AvgIpc) is 3.04. The standard InChI is InChI=1S/C17H20FN3O2/c18-12-3-1-4-13-16(12)17(20-10-19-13)21-7-2-5-14(21)11-9-23-8-6-15(11)22/h1,3-4,10-11,14-15,22H,2,5-9H2/t11-,14+,15-/m1/s1. The third-order valence-electron chi connectivity index (χ3n) is 5.02. The minimum absolute atomic E-state index is 0.0445. The molecule has 0 unspecified atom stereocenters. The quantitative estimate of drug-likeness (QED) is 0.919. The van der Waals surface area contributed by atoms with Gasteiger partial charge in [-0.3, -0.25) is 0 Å². The molecule has 1 aromatic heterocycles. The summed E-state index contributed by atoms with van der Waals surface area (Å²) < 4.78 is 19.9. The zero-order chi connectivity index (χ0) is 15.8. The van der Waals surface area contributed by atoms with E-state index in [0.29, 0.717) is 36.4 Å². The Hall–Kier alpha value is -1.79. The second-order valence-corrected chi connectivity index (χ2v) is 6.33. The molecule has 2 saturated heterocycles. The molecule has 0 saturated carbocycles. The summed E-state index contributed by atoms with van der Waals surface area (Å²) in [6.45, 7) is 1.97. The van der Waals surface area contributed by atoms with Gasteiger partial charge in [0.1, 0.15) is 18.0 Å². The highest BCUT2D eigenvalue weighted by Crippen LogP contribution is 2.36. The van der Waals surface area contributed by atoms with Gasteiger partial charge >= 0.3 is 0 Å². The number of benzene rings is 1. The van der Waals surface area contributed by atoms with Crippen molar-refractivity contribution in [3.05, 3.63) is 30.3 Å². The maximum Gasteiger partial charge on any atom is 0.143 e. The van der Waals surface area contributed by atoms with Crippen LogP contribution in [0.25, 0.3) is 10.9 Å². The Morgan fingerprint density at radius 1 is 1.26 bits per heavy atom. The van der Waals surface area contributed by atoms with Crippen molar-refractivity contribution in [2.75, 3.05) is 24.7 Å². The van der Waals surface area contributed by atoms with Crippen molar-refractivity contribution in [1.82, 2.24) is 9.97 Å². The maximum atomic E-state index is 14.4. The van der Waals surface area contributed by atoms with E-state index in [9.17, 15) is 9.50 Å². The maximum absolute atomic E-state index is 14.4. The fourth-order valence-electron chi connectivity index (χ4n) is 3.89. The molecule has 2 aliphatic heterocycles. The number of aromatic nitrogens is 2. The highest BCUT2D eigenvalue weighted by molar-refractivity contribution is 5.90. The molecule has 2 fully saturated rings. The SMILES string of the molecule is O[C@@H]1CCOC[C@@H]1[C@@H]1CCCN1c1ncnc2cccc(F)c12. The summed E-state index contributed by atoms with van der Waals surface area (Å²) in [5.74, 6) is 0.376. The van der Waals surface area contributed by atoms with Crippen molar-refractivity contribution in [3.8, 4) is 0 Å². The van der Waals surface area contributed by atoms with Crippen molar-refractivity contribution in [2.45, 2.75) is 31.4 Å². The van der Waals surface area contributed by atoms with E-state index in [1.54, 1.807) is 12.1 Å². The van der Waals surface area contributed by atoms with Gasteiger partial charge in [-0.05, 0) is 31.4 Å². The number of hydrogen-bond donors (Lipinski definition) is 1. The summed E-state index contributed by atoms with van der Waals surface area (Å²) in [5.41, 5.74) is 0.612. The van der Waals surface area contributed by atoms with Gasteiger partial charge in [0.15, 0.2) is 0 Å². The fraction of sp³-hybridized carbons (Fsp3) is 0.529. The predicted octanol–water partition coefficient (Wildman–Crippen LogP) is 2.14. The molecule has 0 aliphatic carbocycles. The summed E-state index contributed by atoms with van der Waals surface area (Å²) in [6.07, 6.45) is 3.75. The molecular formula is C17H20FN3O2. The number of aliphatic hydroxyl groups excluding tert-OH is 1. The number of rotatable bonds is 2. The zero-order valence-electron chi connectivity index (χ0n) is 12.9. The lowest BCUT2D eigenvalue weighted by Gasteiger charge is -2.37. The summed E-state index contributed by atoms with van der Waals surface area (Å²) >= 11 is 0. The van der Waals surface area contributed by atoms with E-state index >= 15 is 0 Å². The molecule has 6 heteroatoms. The van der Waals surface area contributed by atoms with Crippen LogP contribution in [-0.2, 0) is 4.74 Å². The average molecular weight is 317 g/mol. The van der Waals surface area contributed by atoms with Crippen LogP contribution in [0.4, 0.5) is 10.2 Å². The number of nitrogens with zero attached hydrogens (tertiary/aromatic N) is 3. The van der Waals surface area contributed by atoms with Crippen molar-refractivity contribution in [3.63, 3.8) is 0 Å². The molecule has 2 aromatic rings. The first kappa shape index (κ1) is 14.8. The normalized spacial score (nSPS) is 28.4. The van der Waals surface area contributed by atoms with E-state index in [-0.39, 0.29) is 23.9 Å². The minimum Gasteiger partial charge on any atom is -0.393 e. The molecular weight excluding hydrogens is 297 g/mol. The van der Waals surface area contributed by atoms with Gasteiger partial charge in [-0.1, -0.05) is 6.07 Å². The predicted molar refractivity (Wildman–Crippen MR) is 84.8 cm³/mol. The molecule has 122 valence electrons. The third kappa shape index (κ3) is 2.56. The lowest BCUT2D eigenvalue weighted by Crippen LogP contribution is -2.46. The van der Waals surface area contributed by atoms with Gasteiger partial charge in [0, 0.05) is 25.1 Å². The van der Waals surface area contributed by atoms with E-state index in [2.05, 4.69) is 14.9 Å².